The summed E-state index contributed by atoms with van der Waals surface area (Å²) in [5, 5.41) is 8.90. The van der Waals surface area contributed by atoms with Crippen molar-refractivity contribution in [3.8, 4) is 0 Å². The van der Waals surface area contributed by atoms with E-state index in [-0.39, 0.29) is 17.0 Å². The summed E-state index contributed by atoms with van der Waals surface area (Å²) in [5.41, 5.74) is 0.800. The monoisotopic (exact) mass is 356 g/mol. The molecule has 0 aliphatic heterocycles. The first-order valence-electron chi connectivity index (χ1n) is 7.80. The highest BCUT2D eigenvalue weighted by Gasteiger charge is 2.25. The molecule has 1 N–H and O–H groups in total. The average Bonchev–Trinajstić information content (AvgIpc) is 2.52. The number of carboxylic acid groups (broad SMARTS) is 1. The van der Waals surface area contributed by atoms with E-state index in [1.165, 1.54) is 21.3 Å². The first kappa shape index (κ1) is 20.1. The lowest BCUT2D eigenvalue weighted by Gasteiger charge is -2.22. The van der Waals surface area contributed by atoms with Gasteiger partial charge in [-0.25, -0.2) is 8.42 Å². The number of carbonyl (C=O) groups excluding carboxylic acids is 1. The number of rotatable bonds is 8. The Hall–Kier alpha value is -1.93. The third-order valence-corrected chi connectivity index (χ3v) is 5.82. The second-order valence-corrected chi connectivity index (χ2v) is 7.22. The van der Waals surface area contributed by atoms with Crippen LogP contribution in [0.4, 0.5) is 0 Å². The summed E-state index contributed by atoms with van der Waals surface area (Å²) in [7, 11) is -3.68. The SMILES string of the molecule is CCN(CC(=O)O)C(=O)c1cc(S(=O)(=O)N(CC)CC)ccc1C. The fourth-order valence-electron chi connectivity index (χ4n) is 2.37. The first-order valence-corrected chi connectivity index (χ1v) is 9.24. The molecule has 0 aliphatic rings. The molecule has 0 unspecified atom stereocenters. The molecule has 8 heteroatoms. The van der Waals surface area contributed by atoms with Crippen molar-refractivity contribution in [1.82, 2.24) is 9.21 Å². The molecule has 0 aliphatic carbocycles. The Bertz CT molecular complexity index is 711. The number of carbonyl (C=O) groups is 2. The largest absolute Gasteiger partial charge is 0.480 e. The van der Waals surface area contributed by atoms with Gasteiger partial charge in [-0.05, 0) is 31.5 Å². The van der Waals surface area contributed by atoms with Gasteiger partial charge < -0.3 is 10.0 Å². The maximum Gasteiger partial charge on any atom is 0.323 e. The Morgan fingerprint density at radius 3 is 2.12 bits per heavy atom. The third-order valence-electron chi connectivity index (χ3n) is 3.78. The molecule has 0 heterocycles. The van der Waals surface area contributed by atoms with Gasteiger partial charge in [0.1, 0.15) is 6.54 Å². The van der Waals surface area contributed by atoms with Crippen molar-refractivity contribution in [2.75, 3.05) is 26.2 Å². The van der Waals surface area contributed by atoms with Crippen LogP contribution < -0.4 is 0 Å². The molecule has 0 saturated heterocycles. The molecule has 134 valence electrons. The lowest BCUT2D eigenvalue weighted by molar-refractivity contribution is -0.137. The maximum atomic E-state index is 12.6. The molecule has 0 spiro atoms. The second-order valence-electron chi connectivity index (χ2n) is 5.28. The van der Waals surface area contributed by atoms with E-state index in [9.17, 15) is 18.0 Å². The van der Waals surface area contributed by atoms with Crippen LogP contribution in [0.5, 0.6) is 0 Å². The molecule has 1 rings (SSSR count). The smallest absolute Gasteiger partial charge is 0.323 e. The van der Waals surface area contributed by atoms with Gasteiger partial charge in [-0.1, -0.05) is 19.9 Å². The number of nitrogens with zero attached hydrogens (tertiary/aromatic N) is 2. The van der Waals surface area contributed by atoms with Crippen LogP contribution in [0.15, 0.2) is 23.1 Å². The molecule has 1 aromatic carbocycles. The molecule has 1 amide bonds. The molecule has 0 atom stereocenters. The predicted octanol–water partition coefficient (Wildman–Crippen LogP) is 1.57. The number of aliphatic carboxylic acids is 1. The Morgan fingerprint density at radius 1 is 1.08 bits per heavy atom. The van der Waals surface area contributed by atoms with Crippen LogP contribution in [-0.4, -0.2) is 60.8 Å². The van der Waals surface area contributed by atoms with Gasteiger partial charge in [0.15, 0.2) is 0 Å². The summed E-state index contributed by atoms with van der Waals surface area (Å²) < 4.78 is 26.5. The number of hydrogen-bond donors (Lipinski definition) is 1. The minimum atomic E-state index is -3.68. The minimum Gasteiger partial charge on any atom is -0.480 e. The summed E-state index contributed by atoms with van der Waals surface area (Å²) >= 11 is 0. The van der Waals surface area contributed by atoms with Crippen molar-refractivity contribution >= 4 is 21.9 Å². The van der Waals surface area contributed by atoms with Gasteiger partial charge in [0.2, 0.25) is 10.0 Å². The Labute approximate surface area is 142 Å². The highest BCUT2D eigenvalue weighted by molar-refractivity contribution is 7.89. The van der Waals surface area contributed by atoms with Crippen molar-refractivity contribution in [2.45, 2.75) is 32.6 Å². The van der Waals surface area contributed by atoms with E-state index in [1.54, 1.807) is 33.8 Å². The molecule has 7 nitrogen and oxygen atoms in total. The summed E-state index contributed by atoms with van der Waals surface area (Å²) in [4.78, 5) is 24.7. The van der Waals surface area contributed by atoms with Crippen LogP contribution in [-0.2, 0) is 14.8 Å². The van der Waals surface area contributed by atoms with Crippen LogP contribution in [0.25, 0.3) is 0 Å². The Morgan fingerprint density at radius 2 is 1.67 bits per heavy atom. The summed E-state index contributed by atoms with van der Waals surface area (Å²) in [6.07, 6.45) is 0. The summed E-state index contributed by atoms with van der Waals surface area (Å²) in [6.45, 7) is 7.30. The van der Waals surface area contributed by atoms with Crippen molar-refractivity contribution in [1.29, 1.82) is 0 Å². The number of carboxylic acids is 1. The summed E-state index contributed by atoms with van der Waals surface area (Å²) in [5.74, 6) is -1.61. The highest BCUT2D eigenvalue weighted by Crippen LogP contribution is 2.20. The lowest BCUT2D eigenvalue weighted by atomic mass is 10.1. The molecule has 0 fully saturated rings. The zero-order valence-corrected chi connectivity index (χ0v) is 15.3. The zero-order valence-electron chi connectivity index (χ0n) is 14.4. The van der Waals surface area contributed by atoms with E-state index >= 15 is 0 Å². The van der Waals surface area contributed by atoms with E-state index < -0.39 is 28.4 Å². The fraction of sp³-hybridized carbons (Fsp3) is 0.500. The highest BCUT2D eigenvalue weighted by atomic mass is 32.2. The predicted molar refractivity (Wildman–Crippen MR) is 90.5 cm³/mol. The van der Waals surface area contributed by atoms with Gasteiger partial charge >= 0.3 is 5.97 Å². The third kappa shape index (κ3) is 4.33. The van der Waals surface area contributed by atoms with Crippen LogP contribution >= 0.6 is 0 Å². The second kappa shape index (κ2) is 8.25. The number of benzene rings is 1. The van der Waals surface area contributed by atoms with E-state index in [0.29, 0.717) is 18.7 Å². The average molecular weight is 356 g/mol. The van der Waals surface area contributed by atoms with Crippen molar-refractivity contribution in [3.05, 3.63) is 29.3 Å². The number of sulfonamides is 1. The fourth-order valence-corrected chi connectivity index (χ4v) is 3.85. The van der Waals surface area contributed by atoms with Gasteiger partial charge in [0, 0.05) is 25.2 Å². The molecular weight excluding hydrogens is 332 g/mol. The van der Waals surface area contributed by atoms with Crippen LogP contribution in [0.1, 0.15) is 36.7 Å². The van der Waals surface area contributed by atoms with Crippen LogP contribution in [0.3, 0.4) is 0 Å². The molecule has 0 aromatic heterocycles. The standard InChI is InChI=1S/C16H24N2O5S/c1-5-17(11-15(19)20)16(21)14-10-13(9-8-12(14)4)24(22,23)18(6-2)7-3/h8-10H,5-7,11H2,1-4H3,(H,19,20). The van der Waals surface area contributed by atoms with Gasteiger partial charge in [0.05, 0.1) is 4.90 Å². The topological polar surface area (TPSA) is 95.0 Å². The van der Waals surface area contributed by atoms with E-state index in [2.05, 4.69) is 0 Å². The number of amides is 1. The number of likely N-dealkylation sites (N-methyl/N-ethyl adjacent to an activating group) is 1. The normalized spacial score (nSPS) is 11.5. The van der Waals surface area contributed by atoms with Crippen LogP contribution in [0, 0.1) is 6.92 Å². The van der Waals surface area contributed by atoms with Crippen molar-refractivity contribution < 1.29 is 23.1 Å². The van der Waals surface area contributed by atoms with Gasteiger partial charge in [-0.15, -0.1) is 0 Å². The van der Waals surface area contributed by atoms with Gasteiger partial charge in [-0.2, -0.15) is 4.31 Å². The van der Waals surface area contributed by atoms with E-state index in [0.717, 1.165) is 0 Å². The molecule has 0 bridgehead atoms. The van der Waals surface area contributed by atoms with E-state index in [1.807, 2.05) is 0 Å². The minimum absolute atomic E-state index is 0.0338. The lowest BCUT2D eigenvalue weighted by Crippen LogP contribution is -2.36. The maximum absolute atomic E-state index is 12.6. The van der Waals surface area contributed by atoms with Crippen LogP contribution in [0.2, 0.25) is 0 Å². The van der Waals surface area contributed by atoms with Gasteiger partial charge in [-0.3, -0.25) is 9.59 Å². The molecule has 0 saturated carbocycles. The molecule has 0 radical (unpaired) electrons. The molecular formula is C16H24N2O5S. The molecule has 24 heavy (non-hydrogen) atoms. The Balaban J connectivity index is 3.32. The van der Waals surface area contributed by atoms with Crippen molar-refractivity contribution in [2.24, 2.45) is 0 Å². The van der Waals surface area contributed by atoms with Crippen molar-refractivity contribution in [3.63, 3.8) is 0 Å². The zero-order chi connectivity index (χ0) is 18.5. The quantitative estimate of drug-likeness (QED) is 0.763. The van der Waals surface area contributed by atoms with Gasteiger partial charge in [0.25, 0.3) is 5.91 Å². The first-order chi connectivity index (χ1) is 11.2. The van der Waals surface area contributed by atoms with E-state index in [4.69, 9.17) is 5.11 Å². The Kier molecular flexibility index (Phi) is 6.92. The molecule has 1 aromatic rings. The summed E-state index contributed by atoms with van der Waals surface area (Å²) in [6, 6.07) is 4.36. The number of aryl methyl sites for hydroxylation is 1. The number of hydrogen-bond acceptors (Lipinski definition) is 4.